The van der Waals surface area contributed by atoms with Crippen LogP contribution < -0.4 is 5.56 Å². The maximum atomic E-state index is 12.3. The molecule has 1 aromatic rings. The number of pyridine rings is 1. The summed E-state index contributed by atoms with van der Waals surface area (Å²) in [5, 5.41) is 8.89. The first-order valence-electron chi connectivity index (χ1n) is 6.52. The molecular formula is C13H13F3N2O4. The number of carbonyl (C=O) groups excluding carboxylic acids is 1. The Hall–Kier alpha value is -2.32. The van der Waals surface area contributed by atoms with Gasteiger partial charge in [-0.25, -0.2) is 4.79 Å². The van der Waals surface area contributed by atoms with E-state index in [1.807, 2.05) is 0 Å². The lowest BCUT2D eigenvalue weighted by molar-refractivity contribution is -0.186. The van der Waals surface area contributed by atoms with Gasteiger partial charge in [0.1, 0.15) is 5.56 Å². The number of nitrogens with one attached hydrogen (secondary N) is 1. The van der Waals surface area contributed by atoms with E-state index in [0.29, 0.717) is 5.56 Å². The van der Waals surface area contributed by atoms with Crippen LogP contribution in [0.2, 0.25) is 0 Å². The number of likely N-dealkylation sites (tertiary alicyclic amines) is 1. The highest BCUT2D eigenvalue weighted by molar-refractivity contribution is 5.87. The molecule has 0 aliphatic carbocycles. The standard InChI is InChI=1S/C13H13F3N2O4/c14-13(15,16)12(22)18-3-1-7(2-4-18)8-5-9(11(20)21)10(19)17-6-8/h5-7H,1-4H2,(H,17,19)(H,20,21). The number of amides is 1. The fourth-order valence-electron chi connectivity index (χ4n) is 2.49. The molecule has 0 bridgehead atoms. The van der Waals surface area contributed by atoms with Gasteiger partial charge in [-0.3, -0.25) is 9.59 Å². The van der Waals surface area contributed by atoms with Crippen LogP contribution in [0.15, 0.2) is 17.1 Å². The summed E-state index contributed by atoms with van der Waals surface area (Å²) in [6.45, 7) is -0.130. The molecule has 1 aliphatic heterocycles. The zero-order valence-corrected chi connectivity index (χ0v) is 11.3. The number of aromatic carboxylic acids is 1. The molecule has 0 unspecified atom stereocenters. The average Bonchev–Trinajstić information content (AvgIpc) is 2.46. The molecule has 2 N–H and O–H groups in total. The van der Waals surface area contributed by atoms with Gasteiger partial charge in [0, 0.05) is 19.3 Å². The first-order valence-corrected chi connectivity index (χ1v) is 6.52. The van der Waals surface area contributed by atoms with Crippen LogP contribution in [0.3, 0.4) is 0 Å². The van der Waals surface area contributed by atoms with Gasteiger partial charge in [-0.2, -0.15) is 13.2 Å². The van der Waals surface area contributed by atoms with E-state index in [1.54, 1.807) is 0 Å². The number of aromatic amines is 1. The van der Waals surface area contributed by atoms with E-state index < -0.39 is 29.2 Å². The Balaban J connectivity index is 2.09. The first-order chi connectivity index (χ1) is 10.2. The number of alkyl halides is 3. The highest BCUT2D eigenvalue weighted by atomic mass is 19.4. The van der Waals surface area contributed by atoms with Crippen molar-refractivity contribution in [3.63, 3.8) is 0 Å². The molecule has 0 spiro atoms. The molecule has 22 heavy (non-hydrogen) atoms. The SMILES string of the molecule is O=C(O)c1cc(C2CCN(C(=O)C(F)(F)F)CC2)c[nH]c1=O. The zero-order valence-electron chi connectivity index (χ0n) is 11.3. The van der Waals surface area contributed by atoms with Gasteiger partial charge in [0.2, 0.25) is 0 Å². The second-order valence-electron chi connectivity index (χ2n) is 5.05. The summed E-state index contributed by atoms with van der Waals surface area (Å²) in [6, 6.07) is 1.23. The van der Waals surface area contributed by atoms with Crippen LogP contribution in [-0.2, 0) is 4.79 Å². The number of halogens is 3. The summed E-state index contributed by atoms with van der Waals surface area (Å²) in [5.41, 5.74) is -0.608. The van der Waals surface area contributed by atoms with Gasteiger partial charge in [-0.15, -0.1) is 0 Å². The van der Waals surface area contributed by atoms with Gasteiger partial charge in [-0.1, -0.05) is 0 Å². The number of piperidine rings is 1. The number of carbonyl (C=O) groups is 2. The van der Waals surface area contributed by atoms with Crippen molar-refractivity contribution in [2.75, 3.05) is 13.1 Å². The summed E-state index contributed by atoms with van der Waals surface area (Å²) in [7, 11) is 0. The molecule has 120 valence electrons. The summed E-state index contributed by atoms with van der Waals surface area (Å²) in [6.07, 6.45) is -2.98. The number of carboxylic acid groups (broad SMARTS) is 1. The molecule has 1 aromatic heterocycles. The van der Waals surface area contributed by atoms with E-state index in [9.17, 15) is 27.6 Å². The summed E-state index contributed by atoms with van der Waals surface area (Å²) < 4.78 is 37.0. The van der Waals surface area contributed by atoms with Gasteiger partial charge < -0.3 is 15.0 Å². The Bertz CT molecular complexity index is 645. The monoisotopic (exact) mass is 318 g/mol. The minimum absolute atomic E-state index is 0.0649. The van der Waals surface area contributed by atoms with E-state index in [1.165, 1.54) is 12.3 Å². The van der Waals surface area contributed by atoms with Crippen LogP contribution in [0.1, 0.15) is 34.7 Å². The van der Waals surface area contributed by atoms with Crippen molar-refractivity contribution in [1.29, 1.82) is 0 Å². The molecule has 6 nitrogen and oxygen atoms in total. The molecule has 0 aromatic carbocycles. The van der Waals surface area contributed by atoms with E-state index in [4.69, 9.17) is 5.11 Å². The predicted octanol–water partition coefficient (Wildman–Crippen LogP) is 1.34. The molecule has 1 amide bonds. The van der Waals surface area contributed by atoms with Crippen molar-refractivity contribution in [2.24, 2.45) is 0 Å². The van der Waals surface area contributed by atoms with Gasteiger partial charge in [-0.05, 0) is 30.4 Å². The van der Waals surface area contributed by atoms with Crippen LogP contribution in [0.25, 0.3) is 0 Å². The molecule has 0 saturated carbocycles. The highest BCUT2D eigenvalue weighted by Gasteiger charge is 2.43. The lowest BCUT2D eigenvalue weighted by Crippen LogP contribution is -2.45. The molecule has 1 fully saturated rings. The quantitative estimate of drug-likeness (QED) is 0.861. The first kappa shape index (κ1) is 16.1. The number of rotatable bonds is 2. The Morgan fingerprint density at radius 2 is 1.86 bits per heavy atom. The third-order valence-electron chi connectivity index (χ3n) is 3.65. The lowest BCUT2D eigenvalue weighted by atomic mass is 9.90. The number of nitrogens with zero attached hydrogens (tertiary/aromatic N) is 1. The number of hydrogen-bond donors (Lipinski definition) is 2. The van der Waals surface area contributed by atoms with Crippen LogP contribution in [-0.4, -0.2) is 46.1 Å². The van der Waals surface area contributed by atoms with Crippen LogP contribution in [0, 0.1) is 0 Å². The smallest absolute Gasteiger partial charge is 0.471 e. The van der Waals surface area contributed by atoms with Gasteiger partial charge >= 0.3 is 18.1 Å². The molecular weight excluding hydrogens is 305 g/mol. The topological polar surface area (TPSA) is 90.5 Å². The minimum atomic E-state index is -4.89. The fraction of sp³-hybridized carbons (Fsp3) is 0.462. The van der Waals surface area contributed by atoms with Crippen molar-refractivity contribution >= 4 is 11.9 Å². The van der Waals surface area contributed by atoms with E-state index >= 15 is 0 Å². The van der Waals surface area contributed by atoms with Gasteiger partial charge in [0.25, 0.3) is 5.56 Å². The largest absolute Gasteiger partial charge is 0.477 e. The minimum Gasteiger partial charge on any atom is -0.477 e. The second-order valence-corrected chi connectivity index (χ2v) is 5.05. The van der Waals surface area contributed by atoms with Crippen molar-refractivity contribution in [2.45, 2.75) is 24.9 Å². The van der Waals surface area contributed by atoms with Crippen molar-refractivity contribution in [1.82, 2.24) is 9.88 Å². The molecule has 9 heteroatoms. The summed E-state index contributed by atoms with van der Waals surface area (Å²) in [4.78, 5) is 36.4. The van der Waals surface area contributed by atoms with Crippen molar-refractivity contribution in [3.05, 3.63) is 33.7 Å². The number of carboxylic acids is 1. The second kappa shape index (κ2) is 5.82. The molecule has 2 heterocycles. The zero-order chi connectivity index (χ0) is 16.5. The van der Waals surface area contributed by atoms with Gasteiger partial charge in [0.05, 0.1) is 0 Å². The van der Waals surface area contributed by atoms with E-state index in [0.717, 1.165) is 4.90 Å². The average molecular weight is 318 g/mol. The molecule has 1 aliphatic rings. The van der Waals surface area contributed by atoms with Crippen LogP contribution >= 0.6 is 0 Å². The van der Waals surface area contributed by atoms with Gasteiger partial charge in [0.15, 0.2) is 0 Å². The molecule has 0 radical (unpaired) electrons. The lowest BCUT2D eigenvalue weighted by Gasteiger charge is -2.32. The normalized spacial score (nSPS) is 16.6. The maximum absolute atomic E-state index is 12.3. The molecule has 1 saturated heterocycles. The van der Waals surface area contributed by atoms with E-state index in [2.05, 4.69) is 4.98 Å². The Labute approximate surface area is 122 Å². The summed E-state index contributed by atoms with van der Waals surface area (Å²) in [5.74, 6) is -3.43. The van der Waals surface area contributed by atoms with Crippen molar-refractivity contribution in [3.8, 4) is 0 Å². The number of aromatic nitrogens is 1. The third kappa shape index (κ3) is 3.29. The number of hydrogen-bond acceptors (Lipinski definition) is 3. The Morgan fingerprint density at radius 1 is 1.27 bits per heavy atom. The Kier molecular flexibility index (Phi) is 4.25. The van der Waals surface area contributed by atoms with Crippen LogP contribution in [0.4, 0.5) is 13.2 Å². The predicted molar refractivity (Wildman–Crippen MR) is 68.6 cm³/mol. The third-order valence-corrected chi connectivity index (χ3v) is 3.65. The number of H-pyrrole nitrogens is 1. The molecule has 0 atom stereocenters. The summed E-state index contributed by atoms with van der Waals surface area (Å²) >= 11 is 0. The van der Waals surface area contributed by atoms with Crippen molar-refractivity contribution < 1.29 is 27.9 Å². The fourth-order valence-corrected chi connectivity index (χ4v) is 2.49. The highest BCUT2D eigenvalue weighted by Crippen LogP contribution is 2.29. The van der Waals surface area contributed by atoms with E-state index in [-0.39, 0.29) is 31.8 Å². The maximum Gasteiger partial charge on any atom is 0.471 e. The van der Waals surface area contributed by atoms with Crippen LogP contribution in [0.5, 0.6) is 0 Å². The Morgan fingerprint density at radius 3 is 2.36 bits per heavy atom. The molecule has 2 rings (SSSR count).